The Morgan fingerprint density at radius 1 is 0.830 bits per heavy atom. The molecule has 1 fully saturated rings. The third kappa shape index (κ3) is 7.00. The van der Waals surface area contributed by atoms with Crippen LogP contribution in [0.4, 0.5) is 0 Å². The van der Waals surface area contributed by atoms with Crippen molar-refractivity contribution in [1.29, 1.82) is 0 Å². The number of hydrogen-bond donors (Lipinski definition) is 2. The molecule has 1 saturated heterocycles. The molecule has 3 aromatic carbocycles. The van der Waals surface area contributed by atoms with E-state index in [0.717, 1.165) is 16.7 Å². The van der Waals surface area contributed by atoms with Crippen molar-refractivity contribution in [3.63, 3.8) is 0 Å². The van der Waals surface area contributed by atoms with Gasteiger partial charge in [-0.05, 0) is 59.1 Å². The number of benzene rings is 3. The molecule has 2 N–H and O–H groups in total. The quantitative estimate of drug-likeness (QED) is 0.149. The topological polar surface area (TPSA) is 112 Å². The zero-order valence-electron chi connectivity index (χ0n) is 27.9. The van der Waals surface area contributed by atoms with E-state index < -0.39 is 48.0 Å². The number of rotatable bonds is 11. The zero-order chi connectivity index (χ0) is 34.0. The molecule has 11 heteroatoms. The summed E-state index contributed by atoms with van der Waals surface area (Å²) in [5.74, 6) is 1.43. The normalized spacial score (nSPS) is 20.3. The molecule has 0 unspecified atom stereocenters. The number of nitrogens with one attached hydrogen (secondary N) is 1. The molecule has 0 bridgehead atoms. The van der Waals surface area contributed by atoms with Gasteiger partial charge in [0, 0.05) is 12.3 Å². The first-order valence-electron chi connectivity index (χ1n) is 15.6. The van der Waals surface area contributed by atoms with Gasteiger partial charge in [-0.3, -0.25) is 14.3 Å². The van der Waals surface area contributed by atoms with Crippen LogP contribution >= 0.6 is 11.8 Å². The van der Waals surface area contributed by atoms with E-state index in [1.54, 1.807) is 14.2 Å². The minimum absolute atomic E-state index is 0.116. The lowest BCUT2D eigenvalue weighted by atomic mass is 9.80. The van der Waals surface area contributed by atoms with Gasteiger partial charge in [0.25, 0.3) is 5.56 Å². The number of hydrogen-bond acceptors (Lipinski definition) is 8. The highest BCUT2D eigenvalue weighted by atomic mass is 32.2. The number of methoxy groups -OCH3 is 2. The number of aromatic amines is 1. The van der Waals surface area contributed by atoms with Gasteiger partial charge in [-0.15, -0.1) is 11.8 Å². The lowest BCUT2D eigenvalue weighted by molar-refractivity contribution is -0.0239. The standard InChI is InChI=1S/C36H44N2O7SSi/c1-35(2,3)47(6,7)45-32-31(40)29(46-33(32)38-22-21-30(39)37-34(38)41)23-44-36(24-11-9-8-10-12-24,25-13-17-27(42-4)18-14-25)26-15-19-28(43-5)20-16-26/h8-22,29,31-33,40H,23H2,1-7H3,(H,37,39,41)/t29-,31-,32-,33-/m1/s1. The summed E-state index contributed by atoms with van der Waals surface area (Å²) in [5, 5.41) is 10.8. The van der Waals surface area contributed by atoms with Crippen molar-refractivity contribution in [3.05, 3.63) is 129 Å². The number of H-pyrrole nitrogens is 1. The predicted molar refractivity (Wildman–Crippen MR) is 188 cm³/mol. The Kier molecular flexibility index (Phi) is 10.2. The minimum Gasteiger partial charge on any atom is -0.497 e. The second kappa shape index (κ2) is 13.9. The number of thioether (sulfide) groups is 1. The molecule has 0 spiro atoms. The highest BCUT2D eigenvalue weighted by Crippen LogP contribution is 2.49. The fraction of sp³-hybridized carbons (Fsp3) is 0.389. The Bertz CT molecular complexity index is 1700. The van der Waals surface area contributed by atoms with E-state index in [0.29, 0.717) is 11.5 Å². The maximum absolute atomic E-state index is 13.0. The average molecular weight is 677 g/mol. The van der Waals surface area contributed by atoms with Crippen LogP contribution in [-0.2, 0) is 14.8 Å². The van der Waals surface area contributed by atoms with Crippen molar-refractivity contribution >= 4 is 20.1 Å². The smallest absolute Gasteiger partial charge is 0.329 e. The number of aliphatic hydroxyl groups excluding tert-OH is 1. The van der Waals surface area contributed by atoms with Crippen molar-refractivity contribution in [2.45, 2.75) is 67.3 Å². The van der Waals surface area contributed by atoms with Gasteiger partial charge in [0.15, 0.2) is 8.32 Å². The summed E-state index contributed by atoms with van der Waals surface area (Å²) in [6, 6.07) is 26.8. The summed E-state index contributed by atoms with van der Waals surface area (Å²) in [7, 11) is 0.854. The van der Waals surface area contributed by atoms with Crippen molar-refractivity contribution in [2.24, 2.45) is 0 Å². The molecule has 9 nitrogen and oxygen atoms in total. The van der Waals surface area contributed by atoms with E-state index in [4.69, 9.17) is 18.6 Å². The fourth-order valence-electron chi connectivity index (χ4n) is 5.63. The third-order valence-electron chi connectivity index (χ3n) is 9.31. The van der Waals surface area contributed by atoms with E-state index in [9.17, 15) is 14.7 Å². The SMILES string of the molecule is COc1ccc(C(OC[C@H]2S[C@@H](n3ccc(=O)[nH]c3=O)[C@H](O[Si](C)(C)C(C)(C)C)[C@@H]2O)(c2ccccc2)c2ccc(OC)cc2)cc1. The van der Waals surface area contributed by atoms with Gasteiger partial charge in [0.1, 0.15) is 28.6 Å². The van der Waals surface area contributed by atoms with Gasteiger partial charge in [0.2, 0.25) is 0 Å². The van der Waals surface area contributed by atoms with Gasteiger partial charge < -0.3 is 23.7 Å². The molecular formula is C36H44N2O7SSi. The predicted octanol–water partition coefficient (Wildman–Crippen LogP) is 5.93. The second-order valence-electron chi connectivity index (χ2n) is 13.2. The van der Waals surface area contributed by atoms with Gasteiger partial charge in [-0.25, -0.2) is 4.79 Å². The van der Waals surface area contributed by atoms with Crippen LogP contribution in [0.5, 0.6) is 11.5 Å². The molecule has 250 valence electrons. The molecule has 1 aromatic heterocycles. The summed E-state index contributed by atoms with van der Waals surface area (Å²) in [5.41, 5.74) is 0.522. The van der Waals surface area contributed by atoms with Crippen LogP contribution in [0.3, 0.4) is 0 Å². The van der Waals surface area contributed by atoms with Crippen molar-refractivity contribution in [3.8, 4) is 11.5 Å². The van der Waals surface area contributed by atoms with Crippen molar-refractivity contribution in [2.75, 3.05) is 20.8 Å². The van der Waals surface area contributed by atoms with Crippen LogP contribution in [0.2, 0.25) is 18.1 Å². The molecule has 47 heavy (non-hydrogen) atoms. The lowest BCUT2D eigenvalue weighted by Gasteiger charge is -2.40. The summed E-state index contributed by atoms with van der Waals surface area (Å²) < 4.78 is 26.3. The van der Waals surface area contributed by atoms with Crippen LogP contribution in [-0.4, -0.2) is 61.3 Å². The molecular weight excluding hydrogens is 633 g/mol. The molecule has 1 aliphatic rings. The molecule has 4 atom stereocenters. The lowest BCUT2D eigenvalue weighted by Crippen LogP contribution is -2.50. The van der Waals surface area contributed by atoms with Gasteiger partial charge >= 0.3 is 5.69 Å². The first-order valence-corrected chi connectivity index (χ1v) is 19.5. The molecule has 4 aromatic rings. The average Bonchev–Trinajstić information content (AvgIpc) is 3.35. The van der Waals surface area contributed by atoms with Crippen LogP contribution in [0.15, 0.2) is 101 Å². The first-order chi connectivity index (χ1) is 22.3. The largest absolute Gasteiger partial charge is 0.497 e. The molecule has 0 amide bonds. The van der Waals surface area contributed by atoms with E-state index in [1.807, 2.05) is 78.9 Å². The maximum atomic E-state index is 13.0. The summed E-state index contributed by atoms with van der Waals surface area (Å²) in [6.07, 6.45) is -0.218. The Labute approximate surface area is 281 Å². The molecule has 0 radical (unpaired) electrons. The Balaban J connectivity index is 1.59. The first kappa shape index (κ1) is 34.7. The van der Waals surface area contributed by atoms with Crippen LogP contribution in [0, 0.1) is 0 Å². The fourth-order valence-corrected chi connectivity index (χ4v) is 8.52. The van der Waals surface area contributed by atoms with Crippen molar-refractivity contribution < 1.29 is 23.7 Å². The molecule has 2 heterocycles. The van der Waals surface area contributed by atoms with Crippen LogP contribution < -0.4 is 20.7 Å². The zero-order valence-corrected chi connectivity index (χ0v) is 29.7. The summed E-state index contributed by atoms with van der Waals surface area (Å²) >= 11 is 1.41. The van der Waals surface area contributed by atoms with E-state index in [2.05, 4.69) is 38.8 Å². The molecule has 0 aliphatic carbocycles. The van der Waals surface area contributed by atoms with Gasteiger partial charge in [0.05, 0.1) is 32.2 Å². The van der Waals surface area contributed by atoms with Crippen LogP contribution in [0.25, 0.3) is 0 Å². The highest BCUT2D eigenvalue weighted by molar-refractivity contribution is 8.00. The molecule has 1 aliphatic heterocycles. The molecule has 0 saturated carbocycles. The van der Waals surface area contributed by atoms with Crippen LogP contribution in [0.1, 0.15) is 42.8 Å². The molecule has 5 rings (SSSR count). The Morgan fingerprint density at radius 3 is 1.85 bits per heavy atom. The van der Waals surface area contributed by atoms with E-state index >= 15 is 0 Å². The summed E-state index contributed by atoms with van der Waals surface area (Å²) in [6.45, 7) is 10.8. The van der Waals surface area contributed by atoms with Crippen molar-refractivity contribution in [1.82, 2.24) is 9.55 Å². The number of ether oxygens (including phenoxy) is 3. The van der Waals surface area contributed by atoms with E-state index in [-0.39, 0.29) is 11.6 Å². The van der Waals surface area contributed by atoms with E-state index in [1.165, 1.54) is 28.6 Å². The maximum Gasteiger partial charge on any atom is 0.329 e. The Hall–Kier alpha value is -3.61. The number of aliphatic hydroxyl groups is 1. The highest BCUT2D eigenvalue weighted by Gasteiger charge is 2.51. The number of nitrogens with zero attached hydrogens (tertiary/aromatic N) is 1. The minimum atomic E-state index is -2.41. The van der Waals surface area contributed by atoms with Gasteiger partial charge in [-0.1, -0.05) is 75.4 Å². The third-order valence-corrected chi connectivity index (χ3v) is 15.3. The Morgan fingerprint density at radius 2 is 1.36 bits per heavy atom. The second-order valence-corrected chi connectivity index (χ2v) is 19.3. The van der Waals surface area contributed by atoms with Gasteiger partial charge in [-0.2, -0.15) is 0 Å². The number of aromatic nitrogens is 2. The summed E-state index contributed by atoms with van der Waals surface area (Å²) in [4.78, 5) is 27.3. The monoisotopic (exact) mass is 676 g/mol.